The van der Waals surface area contributed by atoms with E-state index in [2.05, 4.69) is 22.9 Å². The summed E-state index contributed by atoms with van der Waals surface area (Å²) >= 11 is 9.56. The van der Waals surface area contributed by atoms with E-state index < -0.39 is 0 Å². The number of amides is 1. The highest BCUT2D eigenvalue weighted by Crippen LogP contribution is 2.23. The van der Waals surface area contributed by atoms with Crippen LogP contribution in [0.2, 0.25) is 5.02 Å². The molecular weight excluding hydrogens is 350 g/mol. The number of nitrogens with zero attached hydrogens (tertiary/aromatic N) is 1. The van der Waals surface area contributed by atoms with E-state index in [1.807, 2.05) is 41.3 Å². The van der Waals surface area contributed by atoms with Crippen LogP contribution in [-0.2, 0) is 6.54 Å². The van der Waals surface area contributed by atoms with Crippen molar-refractivity contribution in [2.45, 2.75) is 19.9 Å². The van der Waals surface area contributed by atoms with Gasteiger partial charge in [-0.3, -0.25) is 4.79 Å². The smallest absolute Gasteiger partial charge is 0.255 e. The summed E-state index contributed by atoms with van der Waals surface area (Å²) in [5.41, 5.74) is 1.65. The summed E-state index contributed by atoms with van der Waals surface area (Å²) in [6, 6.07) is 15.3. The molecule has 0 aliphatic rings. The molecule has 110 valence electrons. The van der Waals surface area contributed by atoms with Crippen molar-refractivity contribution in [1.82, 2.24) is 4.90 Å². The Bertz CT molecular complexity index is 615. The van der Waals surface area contributed by atoms with Crippen LogP contribution in [0.25, 0.3) is 0 Å². The first-order valence-corrected chi connectivity index (χ1v) is 8.07. The second kappa shape index (κ2) is 7.62. The predicted molar refractivity (Wildman–Crippen MR) is 90.6 cm³/mol. The Labute approximate surface area is 138 Å². The van der Waals surface area contributed by atoms with Crippen molar-refractivity contribution in [3.05, 3.63) is 69.2 Å². The summed E-state index contributed by atoms with van der Waals surface area (Å²) in [4.78, 5) is 14.6. The average Bonchev–Trinajstić information content (AvgIpc) is 2.49. The number of carbonyl (C=O) groups excluding carboxylic acids is 1. The maximum absolute atomic E-state index is 12.7. The highest BCUT2D eigenvalue weighted by atomic mass is 79.9. The first-order chi connectivity index (χ1) is 10.1. The SMILES string of the molecule is CCCN(Cc1ccccc1)C(=O)c1cc(Br)ccc1Cl. The van der Waals surface area contributed by atoms with Crippen molar-refractivity contribution in [1.29, 1.82) is 0 Å². The first-order valence-electron chi connectivity index (χ1n) is 6.90. The summed E-state index contributed by atoms with van der Waals surface area (Å²) in [6.45, 7) is 3.36. The van der Waals surface area contributed by atoms with Gasteiger partial charge in [0.05, 0.1) is 10.6 Å². The zero-order valence-corrected chi connectivity index (χ0v) is 14.2. The highest BCUT2D eigenvalue weighted by molar-refractivity contribution is 9.10. The second-order valence-electron chi connectivity index (χ2n) is 4.84. The molecule has 2 aromatic carbocycles. The maximum Gasteiger partial charge on any atom is 0.255 e. The van der Waals surface area contributed by atoms with Gasteiger partial charge in [-0.25, -0.2) is 0 Å². The molecule has 0 aliphatic heterocycles. The van der Waals surface area contributed by atoms with E-state index in [0.29, 0.717) is 23.7 Å². The molecule has 0 heterocycles. The average molecular weight is 367 g/mol. The molecular formula is C17H17BrClNO. The molecule has 0 bridgehead atoms. The standard InChI is InChI=1S/C17H17BrClNO/c1-2-10-20(12-13-6-4-3-5-7-13)17(21)15-11-14(18)8-9-16(15)19/h3-9,11H,2,10,12H2,1H3. The Kier molecular flexibility index (Phi) is 5.83. The lowest BCUT2D eigenvalue weighted by Gasteiger charge is -2.23. The summed E-state index contributed by atoms with van der Waals surface area (Å²) in [5, 5.41) is 0.484. The summed E-state index contributed by atoms with van der Waals surface area (Å²) < 4.78 is 0.853. The zero-order chi connectivity index (χ0) is 15.2. The second-order valence-corrected chi connectivity index (χ2v) is 6.16. The number of benzene rings is 2. The molecule has 0 unspecified atom stereocenters. The lowest BCUT2D eigenvalue weighted by atomic mass is 10.1. The summed E-state index contributed by atoms with van der Waals surface area (Å²) in [6.07, 6.45) is 0.907. The number of rotatable bonds is 5. The summed E-state index contributed by atoms with van der Waals surface area (Å²) in [7, 11) is 0. The van der Waals surface area contributed by atoms with Crippen LogP contribution in [0.3, 0.4) is 0 Å². The molecule has 0 saturated heterocycles. The Morgan fingerprint density at radius 2 is 1.90 bits per heavy atom. The molecule has 2 rings (SSSR count). The van der Waals surface area contributed by atoms with Crippen molar-refractivity contribution in [3.63, 3.8) is 0 Å². The van der Waals surface area contributed by atoms with Crippen LogP contribution in [-0.4, -0.2) is 17.4 Å². The van der Waals surface area contributed by atoms with Gasteiger partial charge in [0.1, 0.15) is 0 Å². The quantitative estimate of drug-likeness (QED) is 0.716. The third kappa shape index (κ3) is 4.32. The fourth-order valence-corrected chi connectivity index (χ4v) is 2.72. The van der Waals surface area contributed by atoms with E-state index in [1.165, 1.54) is 0 Å². The maximum atomic E-state index is 12.7. The van der Waals surface area contributed by atoms with Crippen LogP contribution >= 0.6 is 27.5 Å². The number of carbonyl (C=O) groups is 1. The van der Waals surface area contributed by atoms with E-state index in [-0.39, 0.29) is 5.91 Å². The third-order valence-corrected chi connectivity index (χ3v) is 3.98. The molecule has 0 radical (unpaired) electrons. The van der Waals surface area contributed by atoms with Crippen LogP contribution in [0.1, 0.15) is 29.3 Å². The van der Waals surface area contributed by atoms with E-state index >= 15 is 0 Å². The van der Waals surface area contributed by atoms with E-state index in [0.717, 1.165) is 16.5 Å². The normalized spacial score (nSPS) is 10.4. The van der Waals surface area contributed by atoms with Crippen LogP contribution in [0.15, 0.2) is 53.0 Å². The number of halogens is 2. The third-order valence-electron chi connectivity index (χ3n) is 3.16. The lowest BCUT2D eigenvalue weighted by molar-refractivity contribution is 0.0743. The largest absolute Gasteiger partial charge is 0.334 e. The van der Waals surface area contributed by atoms with E-state index in [4.69, 9.17) is 11.6 Å². The van der Waals surface area contributed by atoms with Crippen LogP contribution in [0.4, 0.5) is 0 Å². The predicted octanol–water partition coefficient (Wildman–Crippen LogP) is 5.15. The van der Waals surface area contributed by atoms with Gasteiger partial charge in [-0.1, -0.05) is 64.8 Å². The summed E-state index contributed by atoms with van der Waals surface area (Å²) in [5.74, 6) is -0.0352. The molecule has 0 spiro atoms. The van der Waals surface area contributed by atoms with Gasteiger partial charge >= 0.3 is 0 Å². The Morgan fingerprint density at radius 1 is 1.19 bits per heavy atom. The first kappa shape index (κ1) is 16.1. The molecule has 1 amide bonds. The van der Waals surface area contributed by atoms with E-state index in [9.17, 15) is 4.79 Å². The molecule has 4 heteroatoms. The Morgan fingerprint density at radius 3 is 2.57 bits per heavy atom. The molecule has 0 aromatic heterocycles. The van der Waals surface area contributed by atoms with Gasteiger partial charge in [0, 0.05) is 17.6 Å². The van der Waals surface area contributed by atoms with Crippen LogP contribution in [0.5, 0.6) is 0 Å². The molecule has 0 saturated carbocycles. The topological polar surface area (TPSA) is 20.3 Å². The van der Waals surface area contributed by atoms with Crippen LogP contribution in [0, 0.1) is 0 Å². The molecule has 2 nitrogen and oxygen atoms in total. The Hall–Kier alpha value is -1.32. The van der Waals surface area contributed by atoms with Gasteiger partial charge in [0.25, 0.3) is 5.91 Å². The van der Waals surface area contributed by atoms with Crippen molar-refractivity contribution >= 4 is 33.4 Å². The highest BCUT2D eigenvalue weighted by Gasteiger charge is 2.18. The van der Waals surface area contributed by atoms with Gasteiger partial charge in [-0.2, -0.15) is 0 Å². The van der Waals surface area contributed by atoms with Crippen molar-refractivity contribution in [2.24, 2.45) is 0 Å². The van der Waals surface area contributed by atoms with Crippen molar-refractivity contribution in [2.75, 3.05) is 6.54 Å². The zero-order valence-electron chi connectivity index (χ0n) is 11.9. The van der Waals surface area contributed by atoms with Gasteiger partial charge in [-0.05, 0) is 30.2 Å². The van der Waals surface area contributed by atoms with Gasteiger partial charge in [-0.15, -0.1) is 0 Å². The molecule has 0 atom stereocenters. The number of hydrogen-bond donors (Lipinski definition) is 0. The monoisotopic (exact) mass is 365 g/mol. The fraction of sp³-hybridized carbons (Fsp3) is 0.235. The lowest BCUT2D eigenvalue weighted by Crippen LogP contribution is -2.31. The van der Waals surface area contributed by atoms with Crippen molar-refractivity contribution < 1.29 is 4.79 Å². The van der Waals surface area contributed by atoms with Gasteiger partial charge < -0.3 is 4.90 Å². The van der Waals surface area contributed by atoms with E-state index in [1.54, 1.807) is 12.1 Å². The minimum Gasteiger partial charge on any atom is -0.334 e. The molecule has 21 heavy (non-hydrogen) atoms. The van der Waals surface area contributed by atoms with Crippen molar-refractivity contribution in [3.8, 4) is 0 Å². The van der Waals surface area contributed by atoms with Gasteiger partial charge in [0.15, 0.2) is 0 Å². The van der Waals surface area contributed by atoms with Crippen LogP contribution < -0.4 is 0 Å². The fourth-order valence-electron chi connectivity index (χ4n) is 2.16. The minimum absolute atomic E-state index is 0.0352. The Balaban J connectivity index is 2.25. The number of hydrogen-bond acceptors (Lipinski definition) is 1. The molecule has 0 aliphatic carbocycles. The van der Waals surface area contributed by atoms with Gasteiger partial charge in [0.2, 0.25) is 0 Å². The molecule has 2 aromatic rings. The minimum atomic E-state index is -0.0352. The molecule has 0 fully saturated rings. The molecule has 0 N–H and O–H groups in total.